The molecule has 1 heterocycles. The molecule has 4 nitrogen and oxygen atoms in total. The molecule has 2 atom stereocenters. The molecule has 0 bridgehead atoms. The maximum atomic E-state index is 6.07. The van der Waals surface area contributed by atoms with Crippen molar-refractivity contribution in [1.29, 1.82) is 0 Å². The highest BCUT2D eigenvalue weighted by Gasteiger charge is 2.24. The SMILES string of the molecule is Cn1cnnc1SC1CCCCC1N. The summed E-state index contributed by atoms with van der Waals surface area (Å²) in [6, 6.07) is 0.324. The molecule has 2 N–H and O–H groups in total. The van der Waals surface area contributed by atoms with E-state index in [1.807, 2.05) is 11.6 Å². The van der Waals surface area contributed by atoms with Crippen molar-refractivity contribution in [3.8, 4) is 0 Å². The highest BCUT2D eigenvalue weighted by molar-refractivity contribution is 7.99. The largest absolute Gasteiger partial charge is 0.327 e. The Bertz CT molecular complexity index is 299. The molecule has 0 saturated heterocycles. The van der Waals surface area contributed by atoms with Gasteiger partial charge in [-0.15, -0.1) is 10.2 Å². The summed E-state index contributed by atoms with van der Waals surface area (Å²) >= 11 is 1.77. The van der Waals surface area contributed by atoms with Gasteiger partial charge in [0.05, 0.1) is 0 Å². The van der Waals surface area contributed by atoms with Crippen molar-refractivity contribution in [1.82, 2.24) is 14.8 Å². The minimum Gasteiger partial charge on any atom is -0.327 e. The minimum absolute atomic E-state index is 0.324. The Labute approximate surface area is 88.3 Å². The van der Waals surface area contributed by atoms with E-state index < -0.39 is 0 Å². The number of aromatic nitrogens is 3. The number of rotatable bonds is 2. The Morgan fingerprint density at radius 2 is 2.29 bits per heavy atom. The molecular formula is C9H16N4S. The van der Waals surface area contributed by atoms with Crippen molar-refractivity contribution in [2.75, 3.05) is 0 Å². The number of hydrogen-bond acceptors (Lipinski definition) is 4. The van der Waals surface area contributed by atoms with E-state index >= 15 is 0 Å². The van der Waals surface area contributed by atoms with E-state index in [9.17, 15) is 0 Å². The predicted octanol–water partition coefficient (Wildman–Crippen LogP) is 1.18. The molecule has 1 aromatic heterocycles. The van der Waals surface area contributed by atoms with Gasteiger partial charge in [-0.05, 0) is 12.8 Å². The van der Waals surface area contributed by atoms with Crippen molar-refractivity contribution in [2.45, 2.75) is 42.1 Å². The number of nitrogens with two attached hydrogens (primary N) is 1. The lowest BCUT2D eigenvalue weighted by molar-refractivity contribution is 0.452. The third-order valence-electron chi connectivity index (χ3n) is 2.68. The summed E-state index contributed by atoms with van der Waals surface area (Å²) in [7, 11) is 1.97. The van der Waals surface area contributed by atoms with Crippen LogP contribution in [-0.4, -0.2) is 26.1 Å². The molecule has 1 aliphatic rings. The van der Waals surface area contributed by atoms with Crippen LogP contribution in [0.5, 0.6) is 0 Å². The van der Waals surface area contributed by atoms with Gasteiger partial charge in [-0.2, -0.15) is 0 Å². The lowest BCUT2D eigenvalue weighted by Crippen LogP contribution is -2.35. The van der Waals surface area contributed by atoms with Gasteiger partial charge in [-0.1, -0.05) is 24.6 Å². The van der Waals surface area contributed by atoms with Crippen LogP contribution >= 0.6 is 11.8 Å². The van der Waals surface area contributed by atoms with Gasteiger partial charge in [0.2, 0.25) is 0 Å². The van der Waals surface area contributed by atoms with Crippen molar-refractivity contribution < 1.29 is 0 Å². The van der Waals surface area contributed by atoms with Crippen LogP contribution in [0, 0.1) is 0 Å². The first-order chi connectivity index (χ1) is 6.77. The van der Waals surface area contributed by atoms with Crippen molar-refractivity contribution >= 4 is 11.8 Å². The van der Waals surface area contributed by atoms with Crippen LogP contribution in [0.2, 0.25) is 0 Å². The molecule has 14 heavy (non-hydrogen) atoms. The Hall–Kier alpha value is -0.550. The molecule has 78 valence electrons. The third kappa shape index (κ3) is 2.09. The van der Waals surface area contributed by atoms with Gasteiger partial charge in [0, 0.05) is 18.3 Å². The fraction of sp³-hybridized carbons (Fsp3) is 0.778. The highest BCUT2D eigenvalue weighted by Crippen LogP contribution is 2.31. The van der Waals surface area contributed by atoms with Crippen LogP contribution in [0.25, 0.3) is 0 Å². The summed E-state index contributed by atoms with van der Waals surface area (Å²) in [6.07, 6.45) is 6.66. The molecule has 1 aliphatic carbocycles. The van der Waals surface area contributed by atoms with Crippen molar-refractivity contribution in [2.24, 2.45) is 12.8 Å². The summed E-state index contributed by atoms with van der Waals surface area (Å²) in [5.74, 6) is 0. The Morgan fingerprint density at radius 3 is 2.93 bits per heavy atom. The summed E-state index contributed by atoms with van der Waals surface area (Å²) in [4.78, 5) is 0. The summed E-state index contributed by atoms with van der Waals surface area (Å²) in [5.41, 5.74) is 6.07. The van der Waals surface area contributed by atoms with Crippen LogP contribution in [0.3, 0.4) is 0 Å². The second-order valence-corrected chi connectivity index (χ2v) is 5.04. The number of aryl methyl sites for hydroxylation is 1. The zero-order chi connectivity index (χ0) is 9.97. The monoisotopic (exact) mass is 212 g/mol. The topological polar surface area (TPSA) is 56.7 Å². The van der Waals surface area contributed by atoms with Gasteiger partial charge < -0.3 is 10.3 Å². The quantitative estimate of drug-likeness (QED) is 0.799. The fourth-order valence-corrected chi connectivity index (χ4v) is 2.96. The number of hydrogen-bond donors (Lipinski definition) is 1. The van der Waals surface area contributed by atoms with Gasteiger partial charge in [0.25, 0.3) is 0 Å². The molecule has 0 aliphatic heterocycles. The van der Waals surface area contributed by atoms with E-state index in [0.29, 0.717) is 11.3 Å². The van der Waals surface area contributed by atoms with Crippen LogP contribution in [0.4, 0.5) is 0 Å². The first kappa shape index (κ1) is 9.98. The molecule has 0 spiro atoms. The normalized spacial score (nSPS) is 27.9. The molecule has 5 heteroatoms. The Kier molecular flexibility index (Phi) is 3.08. The van der Waals surface area contributed by atoms with Gasteiger partial charge in [-0.3, -0.25) is 0 Å². The standard InChI is InChI=1S/C9H16N4S/c1-13-6-11-12-9(13)14-8-5-3-2-4-7(8)10/h6-8H,2-5,10H2,1H3. The summed E-state index contributed by atoms with van der Waals surface area (Å²) in [6.45, 7) is 0. The van der Waals surface area contributed by atoms with Crippen LogP contribution in [0.15, 0.2) is 11.5 Å². The molecule has 2 unspecified atom stereocenters. The highest BCUT2D eigenvalue weighted by atomic mass is 32.2. The van der Waals surface area contributed by atoms with E-state index in [4.69, 9.17) is 5.73 Å². The molecule has 1 aromatic rings. The van der Waals surface area contributed by atoms with Crippen molar-refractivity contribution in [3.63, 3.8) is 0 Å². The second kappa shape index (κ2) is 4.31. The Morgan fingerprint density at radius 1 is 1.50 bits per heavy atom. The van der Waals surface area contributed by atoms with E-state index in [-0.39, 0.29) is 0 Å². The van der Waals surface area contributed by atoms with Gasteiger partial charge in [0.1, 0.15) is 6.33 Å². The summed E-state index contributed by atoms with van der Waals surface area (Å²) < 4.78 is 1.95. The van der Waals surface area contributed by atoms with E-state index in [0.717, 1.165) is 11.6 Å². The molecule has 1 saturated carbocycles. The van der Waals surface area contributed by atoms with Gasteiger partial charge in [-0.25, -0.2) is 0 Å². The number of nitrogens with zero attached hydrogens (tertiary/aromatic N) is 3. The molecule has 0 radical (unpaired) electrons. The molecular weight excluding hydrogens is 196 g/mol. The average Bonchev–Trinajstić information content (AvgIpc) is 2.56. The Balaban J connectivity index is 1.99. The summed E-state index contributed by atoms with van der Waals surface area (Å²) in [5, 5.41) is 9.43. The zero-order valence-electron chi connectivity index (χ0n) is 8.39. The maximum Gasteiger partial charge on any atom is 0.191 e. The van der Waals surface area contributed by atoms with Crippen molar-refractivity contribution in [3.05, 3.63) is 6.33 Å². The first-order valence-corrected chi connectivity index (χ1v) is 5.91. The maximum absolute atomic E-state index is 6.07. The van der Waals surface area contributed by atoms with E-state index in [2.05, 4.69) is 10.2 Å². The third-order valence-corrected chi connectivity index (χ3v) is 4.15. The van der Waals surface area contributed by atoms with Crippen LogP contribution in [-0.2, 0) is 7.05 Å². The lowest BCUT2D eigenvalue weighted by atomic mass is 9.96. The lowest BCUT2D eigenvalue weighted by Gasteiger charge is -2.27. The van der Waals surface area contributed by atoms with Gasteiger partial charge >= 0.3 is 0 Å². The number of thioether (sulfide) groups is 1. The smallest absolute Gasteiger partial charge is 0.191 e. The molecule has 0 aromatic carbocycles. The first-order valence-electron chi connectivity index (χ1n) is 5.03. The fourth-order valence-electron chi connectivity index (χ4n) is 1.79. The van der Waals surface area contributed by atoms with E-state index in [1.165, 1.54) is 19.3 Å². The predicted molar refractivity (Wildman–Crippen MR) is 57.1 cm³/mol. The van der Waals surface area contributed by atoms with Gasteiger partial charge in [0.15, 0.2) is 5.16 Å². The molecule has 0 amide bonds. The van der Waals surface area contributed by atoms with Crippen LogP contribution < -0.4 is 5.73 Å². The zero-order valence-corrected chi connectivity index (χ0v) is 9.20. The molecule has 1 fully saturated rings. The minimum atomic E-state index is 0.324. The van der Waals surface area contributed by atoms with E-state index in [1.54, 1.807) is 18.1 Å². The second-order valence-electron chi connectivity index (χ2n) is 3.83. The molecule has 2 rings (SSSR count). The average molecular weight is 212 g/mol. The van der Waals surface area contributed by atoms with Crippen LogP contribution in [0.1, 0.15) is 25.7 Å².